The van der Waals surface area contributed by atoms with Gasteiger partial charge in [0.25, 0.3) is 0 Å². The molecule has 1 aliphatic heterocycles. The summed E-state index contributed by atoms with van der Waals surface area (Å²) < 4.78 is 0. The fourth-order valence-electron chi connectivity index (χ4n) is 2.75. The molecule has 1 aromatic rings. The summed E-state index contributed by atoms with van der Waals surface area (Å²) in [6, 6.07) is 6.34. The van der Waals surface area contributed by atoms with Crippen LogP contribution in [-0.4, -0.2) is 35.1 Å². The third-order valence-corrected chi connectivity index (χ3v) is 3.81. The number of aryl methyl sites for hydroxylation is 2. The molecule has 0 saturated carbocycles. The van der Waals surface area contributed by atoms with Crippen molar-refractivity contribution in [3.8, 4) is 0 Å². The average Bonchev–Trinajstić information content (AvgIpc) is 2.33. The Balaban J connectivity index is 2.09. The molecule has 0 radical (unpaired) electrons. The Kier molecular flexibility index (Phi) is 4.22. The van der Waals surface area contributed by atoms with E-state index in [2.05, 4.69) is 36.9 Å². The van der Waals surface area contributed by atoms with Gasteiger partial charge in [0, 0.05) is 25.7 Å². The summed E-state index contributed by atoms with van der Waals surface area (Å²) in [5.74, 6) is -1.07. The Bertz CT molecular complexity index is 473. The molecule has 1 heterocycles. The molecular formula is C15H22N2O2. The number of piperidine rings is 1. The molecule has 1 fully saturated rings. The zero-order valence-corrected chi connectivity index (χ0v) is 11.6. The fourth-order valence-corrected chi connectivity index (χ4v) is 2.75. The fraction of sp³-hybridized carbons (Fsp3) is 0.533. The molecule has 0 amide bonds. The van der Waals surface area contributed by atoms with Gasteiger partial charge in [0.2, 0.25) is 0 Å². The summed E-state index contributed by atoms with van der Waals surface area (Å²) in [5.41, 5.74) is 9.71. The van der Waals surface area contributed by atoms with E-state index in [4.69, 9.17) is 10.8 Å². The van der Waals surface area contributed by atoms with E-state index in [1.54, 1.807) is 0 Å². The highest BCUT2D eigenvalue weighted by molar-refractivity contribution is 5.70. The first-order chi connectivity index (χ1) is 8.95. The number of nitrogens with two attached hydrogens (primary N) is 1. The van der Waals surface area contributed by atoms with Crippen LogP contribution < -0.4 is 5.73 Å². The molecule has 2 atom stereocenters. The molecule has 0 aromatic heterocycles. The summed E-state index contributed by atoms with van der Waals surface area (Å²) in [6.07, 6.45) is 0.582. The molecule has 0 bridgehead atoms. The number of carboxylic acids is 1. The van der Waals surface area contributed by atoms with E-state index in [0.29, 0.717) is 13.0 Å². The van der Waals surface area contributed by atoms with Crippen molar-refractivity contribution in [2.75, 3.05) is 13.1 Å². The van der Waals surface area contributed by atoms with Gasteiger partial charge in [0.15, 0.2) is 0 Å². The van der Waals surface area contributed by atoms with Crippen LogP contribution in [0, 0.1) is 19.8 Å². The summed E-state index contributed by atoms with van der Waals surface area (Å²) in [6.45, 7) is 6.32. The minimum absolute atomic E-state index is 0.0417. The average molecular weight is 262 g/mol. The van der Waals surface area contributed by atoms with Crippen LogP contribution in [-0.2, 0) is 11.3 Å². The van der Waals surface area contributed by atoms with Gasteiger partial charge in [-0.1, -0.05) is 23.8 Å². The Morgan fingerprint density at radius 2 is 2.16 bits per heavy atom. The zero-order chi connectivity index (χ0) is 14.0. The number of carbonyl (C=O) groups is 1. The third kappa shape index (κ3) is 3.55. The Labute approximate surface area is 114 Å². The SMILES string of the molecule is Cc1ccc(C)c(CN2CC(N)CC(C(=O)O)C2)c1. The lowest BCUT2D eigenvalue weighted by molar-refractivity contribution is -0.144. The van der Waals surface area contributed by atoms with Gasteiger partial charge in [-0.05, 0) is 31.4 Å². The van der Waals surface area contributed by atoms with Crippen LogP contribution >= 0.6 is 0 Å². The van der Waals surface area contributed by atoms with Crippen LogP contribution in [0.5, 0.6) is 0 Å². The number of benzene rings is 1. The lowest BCUT2D eigenvalue weighted by atomic mass is 9.94. The normalized spacial score (nSPS) is 24.4. The van der Waals surface area contributed by atoms with E-state index < -0.39 is 5.97 Å². The van der Waals surface area contributed by atoms with Gasteiger partial charge in [-0.3, -0.25) is 9.69 Å². The molecule has 104 valence electrons. The highest BCUT2D eigenvalue weighted by Gasteiger charge is 2.29. The third-order valence-electron chi connectivity index (χ3n) is 3.81. The predicted molar refractivity (Wildman–Crippen MR) is 74.9 cm³/mol. The van der Waals surface area contributed by atoms with Gasteiger partial charge in [-0.15, -0.1) is 0 Å². The second-order valence-electron chi connectivity index (χ2n) is 5.65. The second kappa shape index (κ2) is 5.72. The topological polar surface area (TPSA) is 66.6 Å². The minimum atomic E-state index is -0.735. The molecule has 3 N–H and O–H groups in total. The summed E-state index contributed by atoms with van der Waals surface area (Å²) in [7, 11) is 0. The van der Waals surface area contributed by atoms with Gasteiger partial charge in [-0.2, -0.15) is 0 Å². The molecule has 0 spiro atoms. The summed E-state index contributed by atoms with van der Waals surface area (Å²) in [5, 5.41) is 9.16. The minimum Gasteiger partial charge on any atom is -0.481 e. The quantitative estimate of drug-likeness (QED) is 0.867. The molecular weight excluding hydrogens is 240 g/mol. The van der Waals surface area contributed by atoms with Crippen LogP contribution in [0.2, 0.25) is 0 Å². The van der Waals surface area contributed by atoms with Gasteiger partial charge in [-0.25, -0.2) is 0 Å². The van der Waals surface area contributed by atoms with Gasteiger partial charge >= 0.3 is 5.97 Å². The molecule has 1 aromatic carbocycles. The van der Waals surface area contributed by atoms with Crippen molar-refractivity contribution in [2.24, 2.45) is 11.7 Å². The zero-order valence-electron chi connectivity index (χ0n) is 11.6. The second-order valence-corrected chi connectivity index (χ2v) is 5.65. The van der Waals surface area contributed by atoms with Gasteiger partial charge in [0.1, 0.15) is 0 Å². The molecule has 1 aliphatic rings. The molecule has 1 saturated heterocycles. The molecule has 2 rings (SSSR count). The van der Waals surface area contributed by atoms with E-state index in [1.165, 1.54) is 16.7 Å². The van der Waals surface area contributed by atoms with Crippen molar-refractivity contribution in [3.05, 3.63) is 34.9 Å². The van der Waals surface area contributed by atoms with E-state index >= 15 is 0 Å². The standard InChI is InChI=1S/C15H22N2O2/c1-10-3-4-11(2)12(5-10)7-17-8-13(15(18)19)6-14(16)9-17/h3-5,13-14H,6-9,16H2,1-2H3,(H,18,19). The monoisotopic (exact) mass is 262 g/mol. The number of hydrogen-bond donors (Lipinski definition) is 2. The maximum atomic E-state index is 11.1. The van der Waals surface area contributed by atoms with E-state index in [-0.39, 0.29) is 12.0 Å². The van der Waals surface area contributed by atoms with Crippen LogP contribution in [0.15, 0.2) is 18.2 Å². The van der Waals surface area contributed by atoms with Gasteiger partial charge < -0.3 is 10.8 Å². The van der Waals surface area contributed by atoms with Crippen molar-refractivity contribution in [2.45, 2.75) is 32.9 Å². The van der Waals surface area contributed by atoms with Crippen LogP contribution in [0.25, 0.3) is 0 Å². The molecule has 19 heavy (non-hydrogen) atoms. The Morgan fingerprint density at radius 1 is 1.42 bits per heavy atom. The highest BCUT2D eigenvalue weighted by atomic mass is 16.4. The van der Waals surface area contributed by atoms with E-state index in [0.717, 1.165) is 13.1 Å². The Morgan fingerprint density at radius 3 is 2.84 bits per heavy atom. The largest absolute Gasteiger partial charge is 0.481 e. The van der Waals surface area contributed by atoms with Crippen LogP contribution in [0.3, 0.4) is 0 Å². The maximum Gasteiger partial charge on any atom is 0.307 e. The number of hydrogen-bond acceptors (Lipinski definition) is 3. The van der Waals surface area contributed by atoms with Crippen molar-refractivity contribution in [1.29, 1.82) is 0 Å². The molecule has 4 nitrogen and oxygen atoms in total. The smallest absolute Gasteiger partial charge is 0.307 e. The van der Waals surface area contributed by atoms with Crippen molar-refractivity contribution < 1.29 is 9.90 Å². The lowest BCUT2D eigenvalue weighted by Gasteiger charge is -2.34. The number of nitrogens with zero attached hydrogens (tertiary/aromatic N) is 1. The maximum absolute atomic E-state index is 11.1. The number of aliphatic carboxylic acids is 1. The number of likely N-dealkylation sites (tertiary alicyclic amines) is 1. The number of rotatable bonds is 3. The first-order valence-corrected chi connectivity index (χ1v) is 6.72. The van der Waals surface area contributed by atoms with Gasteiger partial charge in [0.05, 0.1) is 5.92 Å². The van der Waals surface area contributed by atoms with Crippen LogP contribution in [0.1, 0.15) is 23.1 Å². The summed E-state index contributed by atoms with van der Waals surface area (Å²) in [4.78, 5) is 13.3. The van der Waals surface area contributed by atoms with E-state index in [9.17, 15) is 4.79 Å². The molecule has 0 aliphatic carbocycles. The van der Waals surface area contributed by atoms with E-state index in [1.807, 2.05) is 0 Å². The van der Waals surface area contributed by atoms with Crippen molar-refractivity contribution in [3.63, 3.8) is 0 Å². The first kappa shape index (κ1) is 14.0. The molecule has 4 heteroatoms. The van der Waals surface area contributed by atoms with Crippen LogP contribution in [0.4, 0.5) is 0 Å². The Hall–Kier alpha value is -1.39. The lowest BCUT2D eigenvalue weighted by Crippen LogP contribution is -2.48. The number of carboxylic acid groups (broad SMARTS) is 1. The van der Waals surface area contributed by atoms with Crippen molar-refractivity contribution in [1.82, 2.24) is 4.90 Å². The predicted octanol–water partition coefficient (Wildman–Crippen LogP) is 1.54. The van der Waals surface area contributed by atoms with Crippen molar-refractivity contribution >= 4 is 5.97 Å². The molecule has 2 unspecified atom stereocenters. The first-order valence-electron chi connectivity index (χ1n) is 6.72. The highest BCUT2D eigenvalue weighted by Crippen LogP contribution is 2.20. The summed E-state index contributed by atoms with van der Waals surface area (Å²) >= 11 is 0.